The fraction of sp³-hybridized carbons (Fsp3) is 0.316. The standard InChI is InChI=1S/C19H22N2O4/c1-21(15-6-4-3-5-7-15)9-8-20-19(22)14-12-16(23-2)18-17(13-14)24-10-11-25-18/h3-7,12-13H,8-11H2,1-2H3,(H,20,22). The number of fused-ring (bicyclic) bond motifs is 1. The van der Waals surface area contributed by atoms with E-state index in [0.717, 1.165) is 5.69 Å². The van der Waals surface area contributed by atoms with Crippen LogP contribution in [-0.2, 0) is 0 Å². The predicted molar refractivity (Wildman–Crippen MR) is 96.0 cm³/mol. The van der Waals surface area contributed by atoms with Crippen molar-refractivity contribution < 1.29 is 19.0 Å². The van der Waals surface area contributed by atoms with Gasteiger partial charge < -0.3 is 24.4 Å². The first-order valence-electron chi connectivity index (χ1n) is 8.21. The lowest BCUT2D eigenvalue weighted by Gasteiger charge is -2.22. The molecule has 25 heavy (non-hydrogen) atoms. The Labute approximate surface area is 147 Å². The number of rotatable bonds is 6. The van der Waals surface area contributed by atoms with E-state index in [2.05, 4.69) is 10.2 Å². The Balaban J connectivity index is 1.61. The molecule has 3 rings (SSSR count). The van der Waals surface area contributed by atoms with Crippen LogP contribution in [0.1, 0.15) is 10.4 Å². The van der Waals surface area contributed by atoms with Crippen LogP contribution in [0, 0.1) is 0 Å². The second-order valence-corrected chi connectivity index (χ2v) is 5.72. The summed E-state index contributed by atoms with van der Waals surface area (Å²) >= 11 is 0. The molecule has 1 aliphatic rings. The lowest BCUT2D eigenvalue weighted by Crippen LogP contribution is -2.33. The van der Waals surface area contributed by atoms with Crippen molar-refractivity contribution in [2.75, 3.05) is 45.4 Å². The largest absolute Gasteiger partial charge is 0.493 e. The lowest BCUT2D eigenvalue weighted by atomic mass is 10.1. The van der Waals surface area contributed by atoms with Crippen molar-refractivity contribution in [3.63, 3.8) is 0 Å². The highest BCUT2D eigenvalue weighted by Crippen LogP contribution is 2.40. The molecule has 0 bridgehead atoms. The zero-order valence-corrected chi connectivity index (χ0v) is 14.5. The highest BCUT2D eigenvalue weighted by Gasteiger charge is 2.20. The second-order valence-electron chi connectivity index (χ2n) is 5.72. The zero-order chi connectivity index (χ0) is 17.6. The second kappa shape index (κ2) is 7.79. The molecule has 1 aliphatic heterocycles. The highest BCUT2D eigenvalue weighted by atomic mass is 16.6. The van der Waals surface area contributed by atoms with Crippen LogP contribution >= 0.6 is 0 Å². The maximum atomic E-state index is 12.4. The van der Waals surface area contributed by atoms with Crippen molar-refractivity contribution in [1.82, 2.24) is 5.32 Å². The zero-order valence-electron chi connectivity index (χ0n) is 14.5. The van der Waals surface area contributed by atoms with Gasteiger partial charge in [-0.05, 0) is 24.3 Å². The smallest absolute Gasteiger partial charge is 0.251 e. The fourth-order valence-electron chi connectivity index (χ4n) is 2.65. The van der Waals surface area contributed by atoms with E-state index in [9.17, 15) is 4.79 Å². The van der Waals surface area contributed by atoms with Crippen molar-refractivity contribution >= 4 is 11.6 Å². The van der Waals surface area contributed by atoms with Gasteiger partial charge >= 0.3 is 0 Å². The van der Waals surface area contributed by atoms with Crippen LogP contribution in [0.25, 0.3) is 0 Å². The summed E-state index contributed by atoms with van der Waals surface area (Å²) in [4.78, 5) is 14.5. The van der Waals surface area contributed by atoms with Crippen LogP contribution in [0.5, 0.6) is 17.2 Å². The number of ether oxygens (including phenoxy) is 3. The third kappa shape index (κ3) is 3.96. The van der Waals surface area contributed by atoms with E-state index in [0.29, 0.717) is 49.1 Å². The number of nitrogens with zero attached hydrogens (tertiary/aromatic N) is 1. The Hall–Kier alpha value is -2.89. The molecule has 0 radical (unpaired) electrons. The van der Waals surface area contributed by atoms with Gasteiger partial charge in [-0.3, -0.25) is 4.79 Å². The summed E-state index contributed by atoms with van der Waals surface area (Å²) in [5, 5.41) is 2.93. The molecule has 1 heterocycles. The van der Waals surface area contributed by atoms with Crippen LogP contribution in [0.2, 0.25) is 0 Å². The van der Waals surface area contributed by atoms with Crippen molar-refractivity contribution in [3.8, 4) is 17.2 Å². The topological polar surface area (TPSA) is 60.0 Å². The van der Waals surface area contributed by atoms with Crippen molar-refractivity contribution in [2.24, 2.45) is 0 Å². The molecular formula is C19H22N2O4. The van der Waals surface area contributed by atoms with E-state index >= 15 is 0 Å². The van der Waals surface area contributed by atoms with E-state index in [1.54, 1.807) is 19.2 Å². The first-order chi connectivity index (χ1) is 12.2. The van der Waals surface area contributed by atoms with Crippen LogP contribution < -0.4 is 24.4 Å². The first kappa shape index (κ1) is 17.0. The number of amides is 1. The van der Waals surface area contributed by atoms with E-state index in [1.807, 2.05) is 37.4 Å². The van der Waals surface area contributed by atoms with Gasteiger partial charge in [0, 0.05) is 31.4 Å². The summed E-state index contributed by atoms with van der Waals surface area (Å²) in [6.07, 6.45) is 0. The van der Waals surface area contributed by atoms with Gasteiger partial charge in [-0.25, -0.2) is 0 Å². The van der Waals surface area contributed by atoms with Crippen molar-refractivity contribution in [1.29, 1.82) is 0 Å². The van der Waals surface area contributed by atoms with Gasteiger partial charge in [0.2, 0.25) is 5.75 Å². The highest BCUT2D eigenvalue weighted by molar-refractivity contribution is 5.95. The molecule has 2 aromatic rings. The minimum Gasteiger partial charge on any atom is -0.493 e. The number of anilines is 1. The molecule has 0 aromatic heterocycles. The maximum Gasteiger partial charge on any atom is 0.251 e. The van der Waals surface area contributed by atoms with Crippen LogP contribution in [0.15, 0.2) is 42.5 Å². The average molecular weight is 342 g/mol. The van der Waals surface area contributed by atoms with Crippen LogP contribution in [0.3, 0.4) is 0 Å². The molecule has 0 saturated heterocycles. The van der Waals surface area contributed by atoms with Crippen LogP contribution in [0.4, 0.5) is 5.69 Å². The minimum absolute atomic E-state index is 0.170. The van der Waals surface area contributed by atoms with Gasteiger partial charge in [0.25, 0.3) is 5.91 Å². The van der Waals surface area contributed by atoms with E-state index < -0.39 is 0 Å². The molecule has 0 fully saturated rings. The van der Waals surface area contributed by atoms with Gasteiger partial charge in [0.05, 0.1) is 7.11 Å². The molecule has 2 aromatic carbocycles. The third-order valence-corrected chi connectivity index (χ3v) is 4.02. The van der Waals surface area contributed by atoms with E-state index in [-0.39, 0.29) is 5.91 Å². The SMILES string of the molecule is COc1cc(C(=O)NCCN(C)c2ccccc2)cc2c1OCCO2. The minimum atomic E-state index is -0.170. The Kier molecular flexibility index (Phi) is 5.28. The third-order valence-electron chi connectivity index (χ3n) is 4.02. The van der Waals surface area contributed by atoms with Gasteiger partial charge in [0.15, 0.2) is 11.5 Å². The number of nitrogens with one attached hydrogen (secondary N) is 1. The molecule has 0 saturated carbocycles. The molecule has 6 heteroatoms. The van der Waals surface area contributed by atoms with Gasteiger partial charge in [-0.1, -0.05) is 18.2 Å². The number of carbonyl (C=O) groups excluding carboxylic acids is 1. The summed E-state index contributed by atoms with van der Waals surface area (Å²) in [7, 11) is 3.54. The molecule has 6 nitrogen and oxygen atoms in total. The number of methoxy groups -OCH3 is 1. The summed E-state index contributed by atoms with van der Waals surface area (Å²) in [6, 6.07) is 13.4. The van der Waals surface area contributed by atoms with Gasteiger partial charge in [-0.15, -0.1) is 0 Å². The summed E-state index contributed by atoms with van der Waals surface area (Å²) in [6.45, 7) is 2.17. The quantitative estimate of drug-likeness (QED) is 0.873. The Morgan fingerprint density at radius 1 is 1.20 bits per heavy atom. The molecule has 1 amide bonds. The monoisotopic (exact) mass is 342 g/mol. The molecular weight excluding hydrogens is 320 g/mol. The number of benzene rings is 2. The number of hydrogen-bond donors (Lipinski definition) is 1. The molecule has 0 aliphatic carbocycles. The first-order valence-corrected chi connectivity index (χ1v) is 8.21. The fourth-order valence-corrected chi connectivity index (χ4v) is 2.65. The summed E-state index contributed by atoms with van der Waals surface area (Å²) in [5.41, 5.74) is 1.60. The van der Waals surface area contributed by atoms with Crippen molar-refractivity contribution in [3.05, 3.63) is 48.0 Å². The van der Waals surface area contributed by atoms with E-state index in [4.69, 9.17) is 14.2 Å². The van der Waals surface area contributed by atoms with E-state index in [1.165, 1.54) is 0 Å². The normalized spacial score (nSPS) is 12.4. The Bertz CT molecular complexity index is 716. The number of para-hydroxylation sites is 1. The van der Waals surface area contributed by atoms with Gasteiger partial charge in [0.1, 0.15) is 13.2 Å². The maximum absolute atomic E-state index is 12.4. The summed E-state index contributed by atoms with van der Waals surface area (Å²) < 4.78 is 16.4. The number of hydrogen-bond acceptors (Lipinski definition) is 5. The molecule has 0 unspecified atom stereocenters. The molecule has 0 spiro atoms. The molecule has 1 N–H and O–H groups in total. The lowest BCUT2D eigenvalue weighted by molar-refractivity contribution is 0.0952. The van der Waals surface area contributed by atoms with Crippen molar-refractivity contribution in [2.45, 2.75) is 0 Å². The molecule has 0 atom stereocenters. The number of carbonyl (C=O) groups is 1. The predicted octanol–water partition coefficient (Wildman–Crippen LogP) is 2.33. The Morgan fingerprint density at radius 2 is 1.96 bits per heavy atom. The molecule has 132 valence electrons. The van der Waals surface area contributed by atoms with Gasteiger partial charge in [-0.2, -0.15) is 0 Å². The van der Waals surface area contributed by atoms with Crippen LogP contribution in [-0.4, -0.2) is 46.4 Å². The average Bonchev–Trinajstić information content (AvgIpc) is 2.67. The Morgan fingerprint density at radius 3 is 2.72 bits per heavy atom. The summed E-state index contributed by atoms with van der Waals surface area (Å²) in [5.74, 6) is 1.42. The number of likely N-dealkylation sites (N-methyl/N-ethyl adjacent to an activating group) is 1.